The summed E-state index contributed by atoms with van der Waals surface area (Å²) in [4.78, 5) is 17.2. The lowest BCUT2D eigenvalue weighted by atomic mass is 10.3. The van der Waals surface area contributed by atoms with Crippen LogP contribution in [0.4, 0.5) is 0 Å². The Bertz CT molecular complexity index is 534. The standard InChI is InChI=1S/C9H10ClN3OS/c10-8-6(2-1-4-11)15-9-12-5-3-7(14)13(8)9/h3,5H,1-2,4,11H2. The summed E-state index contributed by atoms with van der Waals surface area (Å²) >= 11 is 7.53. The second kappa shape index (κ2) is 4.30. The number of nitrogens with zero attached hydrogens (tertiary/aromatic N) is 2. The first-order valence-corrected chi connectivity index (χ1v) is 5.78. The highest BCUT2D eigenvalue weighted by Gasteiger charge is 2.11. The molecule has 2 N–H and O–H groups in total. The normalized spacial score (nSPS) is 11.1. The number of fused-ring (bicyclic) bond motifs is 1. The van der Waals surface area contributed by atoms with Crippen molar-refractivity contribution in [2.75, 3.05) is 6.54 Å². The molecule has 0 aliphatic heterocycles. The maximum Gasteiger partial charge on any atom is 0.259 e. The smallest absolute Gasteiger partial charge is 0.259 e. The zero-order chi connectivity index (χ0) is 10.8. The predicted molar refractivity (Wildman–Crippen MR) is 61.7 cm³/mol. The number of aryl methyl sites for hydroxylation is 1. The summed E-state index contributed by atoms with van der Waals surface area (Å²) in [6, 6.07) is 1.40. The summed E-state index contributed by atoms with van der Waals surface area (Å²) in [7, 11) is 0. The average molecular weight is 244 g/mol. The lowest BCUT2D eigenvalue weighted by molar-refractivity contribution is 0.839. The number of hydrogen-bond acceptors (Lipinski definition) is 4. The fourth-order valence-corrected chi connectivity index (χ4v) is 2.79. The van der Waals surface area contributed by atoms with E-state index in [1.807, 2.05) is 0 Å². The van der Waals surface area contributed by atoms with Crippen LogP contribution in [0.15, 0.2) is 17.1 Å². The van der Waals surface area contributed by atoms with Crippen molar-refractivity contribution in [3.8, 4) is 0 Å². The molecule has 0 saturated carbocycles. The van der Waals surface area contributed by atoms with E-state index in [0.717, 1.165) is 17.7 Å². The molecule has 0 fully saturated rings. The topological polar surface area (TPSA) is 60.4 Å². The van der Waals surface area contributed by atoms with Gasteiger partial charge in [-0.3, -0.25) is 4.79 Å². The van der Waals surface area contributed by atoms with E-state index < -0.39 is 0 Å². The minimum Gasteiger partial charge on any atom is -0.330 e. The molecule has 15 heavy (non-hydrogen) atoms. The Kier molecular flexibility index (Phi) is 3.04. The molecule has 2 aromatic rings. The average Bonchev–Trinajstić information content (AvgIpc) is 2.54. The van der Waals surface area contributed by atoms with Gasteiger partial charge in [-0.25, -0.2) is 9.38 Å². The Balaban J connectivity index is 2.55. The van der Waals surface area contributed by atoms with E-state index in [1.54, 1.807) is 0 Å². The molecule has 4 nitrogen and oxygen atoms in total. The van der Waals surface area contributed by atoms with Crippen LogP contribution in [0.3, 0.4) is 0 Å². The van der Waals surface area contributed by atoms with Crippen molar-refractivity contribution >= 4 is 27.9 Å². The van der Waals surface area contributed by atoms with Gasteiger partial charge in [-0.05, 0) is 19.4 Å². The first-order chi connectivity index (χ1) is 7.24. The lowest BCUT2D eigenvalue weighted by Gasteiger charge is -1.94. The van der Waals surface area contributed by atoms with Crippen LogP contribution in [0.5, 0.6) is 0 Å². The van der Waals surface area contributed by atoms with Gasteiger partial charge in [0.1, 0.15) is 5.15 Å². The third-order valence-corrected chi connectivity index (χ3v) is 3.69. The third kappa shape index (κ3) is 1.90. The number of halogens is 1. The molecule has 0 aromatic carbocycles. The molecular formula is C9H10ClN3OS. The van der Waals surface area contributed by atoms with Gasteiger partial charge in [-0.2, -0.15) is 0 Å². The van der Waals surface area contributed by atoms with Crippen LogP contribution in [0.1, 0.15) is 11.3 Å². The number of aromatic nitrogens is 2. The second-order valence-electron chi connectivity index (χ2n) is 3.11. The van der Waals surface area contributed by atoms with Crippen molar-refractivity contribution in [2.45, 2.75) is 12.8 Å². The minimum absolute atomic E-state index is 0.139. The number of thiazole rings is 1. The van der Waals surface area contributed by atoms with Crippen molar-refractivity contribution in [2.24, 2.45) is 5.73 Å². The van der Waals surface area contributed by atoms with Crippen LogP contribution in [0.2, 0.25) is 5.15 Å². The van der Waals surface area contributed by atoms with E-state index >= 15 is 0 Å². The number of rotatable bonds is 3. The molecule has 6 heteroatoms. The van der Waals surface area contributed by atoms with Crippen molar-refractivity contribution in [1.29, 1.82) is 0 Å². The van der Waals surface area contributed by atoms with E-state index in [4.69, 9.17) is 17.3 Å². The highest BCUT2D eigenvalue weighted by molar-refractivity contribution is 7.17. The Morgan fingerprint density at radius 1 is 1.60 bits per heavy atom. The van der Waals surface area contributed by atoms with E-state index in [-0.39, 0.29) is 5.56 Å². The Labute approximate surface area is 95.3 Å². The molecule has 0 aliphatic carbocycles. The van der Waals surface area contributed by atoms with Gasteiger partial charge < -0.3 is 5.73 Å². The van der Waals surface area contributed by atoms with Gasteiger partial charge >= 0.3 is 0 Å². The molecule has 80 valence electrons. The SMILES string of the molecule is NCCCc1sc2nccc(=O)n2c1Cl. The molecule has 0 bridgehead atoms. The Morgan fingerprint density at radius 2 is 2.40 bits per heavy atom. The van der Waals surface area contributed by atoms with E-state index in [9.17, 15) is 4.79 Å². The van der Waals surface area contributed by atoms with Gasteiger partial charge in [0.05, 0.1) is 0 Å². The van der Waals surface area contributed by atoms with Crippen molar-refractivity contribution in [3.63, 3.8) is 0 Å². The number of hydrogen-bond donors (Lipinski definition) is 1. The second-order valence-corrected chi connectivity index (χ2v) is 4.53. The summed E-state index contributed by atoms with van der Waals surface area (Å²) in [5.41, 5.74) is 5.29. The zero-order valence-corrected chi connectivity index (χ0v) is 9.51. The molecule has 0 amide bonds. The van der Waals surface area contributed by atoms with Crippen LogP contribution in [0.25, 0.3) is 4.96 Å². The first kappa shape index (κ1) is 10.6. The van der Waals surface area contributed by atoms with Gasteiger partial charge in [-0.1, -0.05) is 22.9 Å². The molecule has 2 rings (SSSR count). The highest BCUT2D eigenvalue weighted by atomic mass is 35.5. The zero-order valence-electron chi connectivity index (χ0n) is 7.94. The lowest BCUT2D eigenvalue weighted by Crippen LogP contribution is -2.11. The summed E-state index contributed by atoms with van der Waals surface area (Å²) in [5, 5.41) is 0.474. The molecule has 2 aromatic heterocycles. The quantitative estimate of drug-likeness (QED) is 0.884. The van der Waals surface area contributed by atoms with Crippen LogP contribution >= 0.6 is 22.9 Å². The summed E-state index contributed by atoms with van der Waals surface area (Å²) in [5.74, 6) is 0. The Hall–Kier alpha value is -0.910. The molecular weight excluding hydrogens is 234 g/mol. The first-order valence-electron chi connectivity index (χ1n) is 4.59. The number of nitrogens with two attached hydrogens (primary N) is 1. The maximum atomic E-state index is 11.5. The molecule has 0 saturated heterocycles. The third-order valence-electron chi connectivity index (χ3n) is 2.06. The van der Waals surface area contributed by atoms with Gasteiger partial charge in [-0.15, -0.1) is 0 Å². The monoisotopic (exact) mass is 243 g/mol. The highest BCUT2D eigenvalue weighted by Crippen LogP contribution is 2.25. The fraction of sp³-hybridized carbons (Fsp3) is 0.333. The molecule has 0 atom stereocenters. The van der Waals surface area contributed by atoms with Crippen LogP contribution < -0.4 is 11.3 Å². The maximum absolute atomic E-state index is 11.5. The molecule has 0 unspecified atom stereocenters. The van der Waals surface area contributed by atoms with Gasteiger partial charge in [0.15, 0.2) is 4.96 Å². The van der Waals surface area contributed by atoms with Gasteiger partial charge in [0.25, 0.3) is 5.56 Å². The summed E-state index contributed by atoms with van der Waals surface area (Å²) in [6.45, 7) is 0.618. The van der Waals surface area contributed by atoms with E-state index in [2.05, 4.69) is 4.98 Å². The van der Waals surface area contributed by atoms with Crippen LogP contribution in [0, 0.1) is 0 Å². The minimum atomic E-state index is -0.139. The molecule has 2 heterocycles. The van der Waals surface area contributed by atoms with E-state index in [1.165, 1.54) is 28.0 Å². The predicted octanol–water partition coefficient (Wildman–Crippen LogP) is 1.30. The molecule has 0 spiro atoms. The van der Waals surface area contributed by atoms with Crippen LogP contribution in [-0.2, 0) is 6.42 Å². The molecule has 0 aliphatic rings. The van der Waals surface area contributed by atoms with Crippen molar-refractivity contribution < 1.29 is 0 Å². The van der Waals surface area contributed by atoms with Crippen molar-refractivity contribution in [3.05, 3.63) is 32.6 Å². The van der Waals surface area contributed by atoms with Crippen LogP contribution in [-0.4, -0.2) is 15.9 Å². The Morgan fingerprint density at radius 3 is 3.07 bits per heavy atom. The van der Waals surface area contributed by atoms with Gasteiger partial charge in [0, 0.05) is 17.1 Å². The molecule has 0 radical (unpaired) electrons. The fourth-order valence-electron chi connectivity index (χ4n) is 1.34. The van der Waals surface area contributed by atoms with E-state index in [0.29, 0.717) is 16.7 Å². The van der Waals surface area contributed by atoms with Crippen molar-refractivity contribution in [1.82, 2.24) is 9.38 Å². The van der Waals surface area contributed by atoms with Gasteiger partial charge in [0.2, 0.25) is 0 Å². The summed E-state index contributed by atoms with van der Waals surface area (Å²) < 4.78 is 1.43. The largest absolute Gasteiger partial charge is 0.330 e. The summed E-state index contributed by atoms with van der Waals surface area (Å²) in [6.07, 6.45) is 3.15.